The summed E-state index contributed by atoms with van der Waals surface area (Å²) in [5.41, 5.74) is 1.57. The Bertz CT molecular complexity index is 471. The van der Waals surface area contributed by atoms with Gasteiger partial charge in [0.2, 0.25) is 0 Å². The van der Waals surface area contributed by atoms with Crippen LogP contribution in [0.25, 0.3) is 0 Å². The molecular formula is C11H16FNO2S. The molecule has 5 heteroatoms. The van der Waals surface area contributed by atoms with Crippen LogP contribution in [-0.2, 0) is 9.84 Å². The lowest BCUT2D eigenvalue weighted by molar-refractivity contribution is 0.577. The summed E-state index contributed by atoms with van der Waals surface area (Å²) in [7, 11) is -1.37. The van der Waals surface area contributed by atoms with Gasteiger partial charge in [-0.15, -0.1) is 0 Å². The second kappa shape index (κ2) is 4.93. The second-order valence-corrected chi connectivity index (χ2v) is 6.12. The molecule has 0 spiro atoms. The summed E-state index contributed by atoms with van der Waals surface area (Å²) in [6, 6.07) is 4.07. The zero-order valence-electron chi connectivity index (χ0n) is 9.62. The van der Waals surface area contributed by atoms with Gasteiger partial charge in [0.1, 0.15) is 15.7 Å². The van der Waals surface area contributed by atoms with E-state index >= 15 is 0 Å². The van der Waals surface area contributed by atoms with E-state index in [1.165, 1.54) is 18.4 Å². The van der Waals surface area contributed by atoms with Crippen molar-refractivity contribution in [2.75, 3.05) is 19.1 Å². The topological polar surface area (TPSA) is 46.2 Å². The average molecular weight is 245 g/mol. The highest BCUT2D eigenvalue weighted by Crippen LogP contribution is 2.19. The summed E-state index contributed by atoms with van der Waals surface area (Å²) in [6.45, 7) is 1.77. The molecule has 3 nitrogen and oxygen atoms in total. The standard InChI is InChI=1S/C11H16FNO2S/c1-8-6-9(12)4-5-10(8)11(13-2)7-16(3,14)15/h4-6,11,13H,7H2,1-3H3. The first kappa shape index (κ1) is 13.1. The summed E-state index contributed by atoms with van der Waals surface area (Å²) in [6.07, 6.45) is 1.19. The molecule has 90 valence electrons. The molecule has 1 aromatic carbocycles. The Morgan fingerprint density at radius 3 is 2.50 bits per heavy atom. The third-order valence-electron chi connectivity index (χ3n) is 2.43. The zero-order chi connectivity index (χ0) is 12.3. The molecule has 0 aliphatic heterocycles. The Morgan fingerprint density at radius 2 is 2.06 bits per heavy atom. The number of nitrogens with one attached hydrogen (secondary N) is 1. The SMILES string of the molecule is CNC(CS(C)(=O)=O)c1ccc(F)cc1C. The molecule has 0 aliphatic rings. The zero-order valence-corrected chi connectivity index (χ0v) is 10.4. The number of halogens is 1. The molecular weight excluding hydrogens is 229 g/mol. The molecule has 1 N–H and O–H groups in total. The van der Waals surface area contributed by atoms with Crippen LogP contribution in [0, 0.1) is 12.7 Å². The first-order valence-electron chi connectivity index (χ1n) is 4.94. The Morgan fingerprint density at radius 1 is 1.44 bits per heavy atom. The van der Waals surface area contributed by atoms with Crippen LogP contribution in [0.3, 0.4) is 0 Å². The highest BCUT2D eigenvalue weighted by Gasteiger charge is 2.17. The van der Waals surface area contributed by atoms with Crippen molar-refractivity contribution in [2.24, 2.45) is 0 Å². The van der Waals surface area contributed by atoms with E-state index in [-0.39, 0.29) is 17.6 Å². The highest BCUT2D eigenvalue weighted by atomic mass is 32.2. The van der Waals surface area contributed by atoms with E-state index in [1.807, 2.05) is 0 Å². The van der Waals surface area contributed by atoms with Gasteiger partial charge in [-0.25, -0.2) is 12.8 Å². The highest BCUT2D eigenvalue weighted by molar-refractivity contribution is 7.90. The van der Waals surface area contributed by atoms with Gasteiger partial charge in [-0.3, -0.25) is 0 Å². The minimum absolute atomic E-state index is 0.00989. The molecule has 1 aromatic rings. The molecule has 0 aliphatic carbocycles. The van der Waals surface area contributed by atoms with Crippen LogP contribution < -0.4 is 5.32 Å². The van der Waals surface area contributed by atoms with Crippen LogP contribution in [0.5, 0.6) is 0 Å². The van der Waals surface area contributed by atoms with E-state index in [0.29, 0.717) is 0 Å². The molecule has 0 radical (unpaired) electrons. The van der Waals surface area contributed by atoms with Crippen molar-refractivity contribution in [3.05, 3.63) is 35.1 Å². The summed E-state index contributed by atoms with van der Waals surface area (Å²) in [5, 5.41) is 2.93. The molecule has 0 saturated heterocycles. The maximum atomic E-state index is 12.9. The number of hydrogen-bond acceptors (Lipinski definition) is 3. The molecule has 0 bridgehead atoms. The van der Waals surface area contributed by atoms with Gasteiger partial charge >= 0.3 is 0 Å². The van der Waals surface area contributed by atoms with Crippen LogP contribution in [-0.4, -0.2) is 27.5 Å². The molecule has 0 fully saturated rings. The van der Waals surface area contributed by atoms with E-state index in [4.69, 9.17) is 0 Å². The van der Waals surface area contributed by atoms with E-state index in [0.717, 1.165) is 11.1 Å². The summed E-state index contributed by atoms with van der Waals surface area (Å²) >= 11 is 0. The lowest BCUT2D eigenvalue weighted by Gasteiger charge is -2.17. The Labute approximate surface area is 95.6 Å². The van der Waals surface area contributed by atoms with E-state index in [1.54, 1.807) is 20.0 Å². The summed E-state index contributed by atoms with van der Waals surface area (Å²) in [4.78, 5) is 0. The Kier molecular flexibility index (Phi) is 4.04. The second-order valence-electron chi connectivity index (χ2n) is 3.93. The van der Waals surface area contributed by atoms with Gasteiger partial charge in [0, 0.05) is 12.3 Å². The third kappa shape index (κ3) is 3.57. The minimum atomic E-state index is -3.07. The molecule has 0 aromatic heterocycles. The van der Waals surface area contributed by atoms with Crippen LogP contribution >= 0.6 is 0 Å². The molecule has 0 amide bonds. The van der Waals surface area contributed by atoms with Crippen LogP contribution in [0.1, 0.15) is 17.2 Å². The molecule has 16 heavy (non-hydrogen) atoms. The summed E-state index contributed by atoms with van der Waals surface area (Å²) < 4.78 is 35.4. The predicted molar refractivity (Wildman–Crippen MR) is 62.6 cm³/mol. The molecule has 0 saturated carbocycles. The van der Waals surface area contributed by atoms with E-state index in [2.05, 4.69) is 5.32 Å². The summed E-state index contributed by atoms with van der Waals surface area (Å²) in [5.74, 6) is -0.300. The van der Waals surface area contributed by atoms with Crippen molar-refractivity contribution in [3.8, 4) is 0 Å². The predicted octanol–water partition coefficient (Wildman–Crippen LogP) is 1.44. The van der Waals surface area contributed by atoms with Gasteiger partial charge in [0.25, 0.3) is 0 Å². The normalized spacial score (nSPS) is 13.8. The van der Waals surface area contributed by atoms with Crippen molar-refractivity contribution in [1.29, 1.82) is 0 Å². The minimum Gasteiger partial charge on any atom is -0.312 e. The quantitative estimate of drug-likeness (QED) is 0.873. The maximum Gasteiger partial charge on any atom is 0.149 e. The number of aryl methyl sites for hydroxylation is 1. The van der Waals surface area contributed by atoms with Crippen LogP contribution in [0.2, 0.25) is 0 Å². The largest absolute Gasteiger partial charge is 0.312 e. The lowest BCUT2D eigenvalue weighted by Crippen LogP contribution is -2.25. The maximum absolute atomic E-state index is 12.9. The van der Waals surface area contributed by atoms with Crippen molar-refractivity contribution in [1.82, 2.24) is 5.32 Å². The Balaban J connectivity index is 3.04. The number of benzene rings is 1. The average Bonchev–Trinajstić information content (AvgIpc) is 2.13. The number of sulfone groups is 1. The van der Waals surface area contributed by atoms with Crippen molar-refractivity contribution in [3.63, 3.8) is 0 Å². The van der Waals surface area contributed by atoms with Gasteiger partial charge in [-0.1, -0.05) is 6.07 Å². The van der Waals surface area contributed by atoms with Crippen molar-refractivity contribution in [2.45, 2.75) is 13.0 Å². The van der Waals surface area contributed by atoms with Crippen LogP contribution in [0.4, 0.5) is 4.39 Å². The molecule has 1 atom stereocenters. The fourth-order valence-corrected chi connectivity index (χ4v) is 2.61. The van der Waals surface area contributed by atoms with E-state index in [9.17, 15) is 12.8 Å². The fraction of sp³-hybridized carbons (Fsp3) is 0.455. The number of rotatable bonds is 4. The first-order chi connectivity index (χ1) is 7.33. The van der Waals surface area contributed by atoms with Gasteiger partial charge < -0.3 is 5.32 Å². The van der Waals surface area contributed by atoms with Crippen molar-refractivity contribution >= 4 is 9.84 Å². The van der Waals surface area contributed by atoms with Crippen LogP contribution in [0.15, 0.2) is 18.2 Å². The monoisotopic (exact) mass is 245 g/mol. The van der Waals surface area contributed by atoms with E-state index < -0.39 is 9.84 Å². The first-order valence-corrected chi connectivity index (χ1v) is 7.00. The van der Waals surface area contributed by atoms with Gasteiger partial charge in [-0.2, -0.15) is 0 Å². The van der Waals surface area contributed by atoms with Gasteiger partial charge in [0.05, 0.1) is 5.75 Å². The molecule has 0 heterocycles. The fourth-order valence-electron chi connectivity index (χ4n) is 1.66. The molecule has 1 unspecified atom stereocenters. The van der Waals surface area contributed by atoms with Gasteiger partial charge in [0.15, 0.2) is 0 Å². The number of hydrogen-bond donors (Lipinski definition) is 1. The molecule has 1 rings (SSSR count). The third-order valence-corrected chi connectivity index (χ3v) is 3.36. The lowest BCUT2D eigenvalue weighted by atomic mass is 10.0. The van der Waals surface area contributed by atoms with Gasteiger partial charge in [-0.05, 0) is 37.2 Å². The van der Waals surface area contributed by atoms with Crippen molar-refractivity contribution < 1.29 is 12.8 Å². The Hall–Kier alpha value is -0.940. The smallest absolute Gasteiger partial charge is 0.149 e.